The van der Waals surface area contributed by atoms with Gasteiger partial charge in [-0.15, -0.1) is 17.9 Å². The lowest BCUT2D eigenvalue weighted by Crippen LogP contribution is -1.88. The lowest BCUT2D eigenvalue weighted by atomic mass is 10.1. The molecule has 0 atom stereocenters. The number of allylic oxidation sites excluding steroid dienone is 1. The van der Waals surface area contributed by atoms with E-state index >= 15 is 0 Å². The number of para-hydroxylation sites is 1. The molecule has 1 aromatic heterocycles. The molecule has 0 radical (unpaired) electrons. The number of phenols is 1. The van der Waals surface area contributed by atoms with Crippen molar-refractivity contribution in [3.05, 3.63) is 58.0 Å². The Morgan fingerprint density at radius 3 is 2.86 bits per heavy atom. The van der Waals surface area contributed by atoms with E-state index in [1.165, 1.54) is 11.3 Å². The summed E-state index contributed by atoms with van der Waals surface area (Å²) in [5.41, 5.74) is 3.03. The SMILES string of the molecule is C=CCc1cccc(/C=N/c2sc(C)c(C)c2C#N)c1O. The molecule has 0 saturated heterocycles. The van der Waals surface area contributed by atoms with Crippen molar-refractivity contribution < 1.29 is 5.11 Å². The Bertz CT molecular complexity index is 751. The molecule has 2 rings (SSSR count). The molecular formula is C17H16N2OS. The van der Waals surface area contributed by atoms with Crippen LogP contribution in [0, 0.1) is 25.2 Å². The van der Waals surface area contributed by atoms with Crippen molar-refractivity contribution in [3.8, 4) is 11.8 Å². The summed E-state index contributed by atoms with van der Waals surface area (Å²) >= 11 is 1.49. The molecule has 3 nitrogen and oxygen atoms in total. The number of nitrogens with zero attached hydrogens (tertiary/aromatic N) is 2. The van der Waals surface area contributed by atoms with Crippen LogP contribution in [0.15, 0.2) is 35.8 Å². The third kappa shape index (κ3) is 3.04. The third-order valence-electron chi connectivity index (χ3n) is 3.31. The number of aryl methyl sites for hydroxylation is 1. The van der Waals surface area contributed by atoms with Crippen LogP contribution in [0.3, 0.4) is 0 Å². The van der Waals surface area contributed by atoms with E-state index in [1.54, 1.807) is 18.4 Å². The van der Waals surface area contributed by atoms with Gasteiger partial charge in [-0.2, -0.15) is 5.26 Å². The molecule has 1 heterocycles. The van der Waals surface area contributed by atoms with E-state index in [1.807, 2.05) is 26.0 Å². The minimum atomic E-state index is 0.213. The van der Waals surface area contributed by atoms with E-state index < -0.39 is 0 Å². The van der Waals surface area contributed by atoms with Crippen LogP contribution in [0.2, 0.25) is 0 Å². The van der Waals surface area contributed by atoms with Crippen LogP contribution in [0.25, 0.3) is 0 Å². The van der Waals surface area contributed by atoms with E-state index in [9.17, 15) is 10.4 Å². The fourth-order valence-electron chi connectivity index (χ4n) is 2.00. The molecule has 0 aliphatic carbocycles. The highest BCUT2D eigenvalue weighted by atomic mass is 32.1. The van der Waals surface area contributed by atoms with Crippen molar-refractivity contribution in [2.45, 2.75) is 20.3 Å². The Labute approximate surface area is 128 Å². The summed E-state index contributed by atoms with van der Waals surface area (Å²) in [7, 11) is 0. The molecule has 0 unspecified atom stereocenters. The minimum absolute atomic E-state index is 0.213. The van der Waals surface area contributed by atoms with Gasteiger partial charge >= 0.3 is 0 Å². The first kappa shape index (κ1) is 15.0. The van der Waals surface area contributed by atoms with Crippen LogP contribution in [-0.4, -0.2) is 11.3 Å². The molecule has 0 fully saturated rings. The fourth-order valence-corrected chi connectivity index (χ4v) is 2.95. The zero-order valence-corrected chi connectivity index (χ0v) is 12.9. The minimum Gasteiger partial charge on any atom is -0.507 e. The van der Waals surface area contributed by atoms with E-state index in [2.05, 4.69) is 17.6 Å². The topological polar surface area (TPSA) is 56.4 Å². The third-order valence-corrected chi connectivity index (χ3v) is 4.43. The highest BCUT2D eigenvalue weighted by Gasteiger charge is 2.11. The summed E-state index contributed by atoms with van der Waals surface area (Å²) in [6, 6.07) is 7.71. The number of nitriles is 1. The normalized spacial score (nSPS) is 10.7. The standard InChI is InChI=1S/C17H16N2OS/c1-4-6-13-7-5-8-14(16(13)20)10-19-17-15(9-18)11(2)12(3)21-17/h4-5,7-8,10,20H,1,6H2,2-3H3/b19-10+. The zero-order valence-electron chi connectivity index (χ0n) is 12.1. The average molecular weight is 296 g/mol. The Morgan fingerprint density at radius 1 is 1.43 bits per heavy atom. The van der Waals surface area contributed by atoms with Gasteiger partial charge in [-0.1, -0.05) is 18.2 Å². The van der Waals surface area contributed by atoms with Gasteiger partial charge in [0.2, 0.25) is 0 Å². The maximum Gasteiger partial charge on any atom is 0.134 e. The molecule has 1 aromatic carbocycles. The van der Waals surface area contributed by atoms with E-state index in [0.29, 0.717) is 22.5 Å². The van der Waals surface area contributed by atoms with Crippen LogP contribution in [-0.2, 0) is 6.42 Å². The molecule has 0 saturated carbocycles. The van der Waals surface area contributed by atoms with Gasteiger partial charge in [-0.3, -0.25) is 0 Å². The number of aliphatic imine (C=N–C) groups is 1. The Kier molecular flexibility index (Phi) is 4.56. The van der Waals surface area contributed by atoms with Crippen molar-refractivity contribution >= 4 is 22.6 Å². The number of hydrogen-bond donors (Lipinski definition) is 1. The Hall–Kier alpha value is -2.38. The monoisotopic (exact) mass is 296 g/mol. The van der Waals surface area contributed by atoms with Crippen LogP contribution >= 0.6 is 11.3 Å². The quantitative estimate of drug-likeness (QED) is 0.670. The predicted octanol–water partition coefficient (Wildman–Crippen LogP) is 4.42. The Balaban J connectivity index is 2.39. The van der Waals surface area contributed by atoms with Gasteiger partial charge in [0.15, 0.2) is 0 Å². The van der Waals surface area contributed by atoms with Gasteiger partial charge in [0.25, 0.3) is 0 Å². The lowest BCUT2D eigenvalue weighted by molar-refractivity contribution is 0.469. The highest BCUT2D eigenvalue weighted by molar-refractivity contribution is 7.16. The number of rotatable bonds is 4. The van der Waals surface area contributed by atoms with E-state index in [0.717, 1.165) is 16.0 Å². The zero-order chi connectivity index (χ0) is 15.4. The van der Waals surface area contributed by atoms with Gasteiger partial charge in [0.1, 0.15) is 16.8 Å². The first-order valence-corrected chi connectivity index (χ1v) is 7.36. The number of aromatic hydroxyl groups is 1. The summed E-state index contributed by atoms with van der Waals surface area (Å²) in [5, 5.41) is 20.1. The molecule has 2 aromatic rings. The summed E-state index contributed by atoms with van der Waals surface area (Å²) in [5.74, 6) is 0.213. The molecular weight excluding hydrogens is 280 g/mol. The maximum absolute atomic E-state index is 10.2. The van der Waals surface area contributed by atoms with Gasteiger partial charge in [-0.05, 0) is 37.5 Å². The van der Waals surface area contributed by atoms with Crippen molar-refractivity contribution in [3.63, 3.8) is 0 Å². The van der Waals surface area contributed by atoms with E-state index in [-0.39, 0.29) is 5.75 Å². The van der Waals surface area contributed by atoms with Crippen molar-refractivity contribution in [1.29, 1.82) is 5.26 Å². The largest absolute Gasteiger partial charge is 0.507 e. The molecule has 0 aliphatic rings. The van der Waals surface area contributed by atoms with Crippen molar-refractivity contribution in [1.82, 2.24) is 0 Å². The van der Waals surface area contributed by atoms with Gasteiger partial charge < -0.3 is 5.11 Å². The van der Waals surface area contributed by atoms with Crippen LogP contribution in [0.5, 0.6) is 5.75 Å². The molecule has 0 amide bonds. The van der Waals surface area contributed by atoms with Gasteiger partial charge in [0.05, 0.1) is 5.56 Å². The summed E-state index contributed by atoms with van der Waals surface area (Å²) < 4.78 is 0. The molecule has 4 heteroatoms. The second kappa shape index (κ2) is 6.38. The molecule has 0 spiro atoms. The van der Waals surface area contributed by atoms with Crippen LogP contribution in [0.1, 0.15) is 27.1 Å². The van der Waals surface area contributed by atoms with Gasteiger partial charge in [0, 0.05) is 16.7 Å². The molecule has 0 aliphatic heterocycles. The summed E-state index contributed by atoms with van der Waals surface area (Å²) in [6.07, 6.45) is 3.96. The maximum atomic E-state index is 10.2. The number of benzene rings is 1. The smallest absolute Gasteiger partial charge is 0.134 e. The number of phenolic OH excluding ortho intramolecular Hbond substituents is 1. The fraction of sp³-hybridized carbons (Fsp3) is 0.176. The predicted molar refractivity (Wildman–Crippen MR) is 87.8 cm³/mol. The van der Waals surface area contributed by atoms with Crippen molar-refractivity contribution in [2.75, 3.05) is 0 Å². The first-order valence-electron chi connectivity index (χ1n) is 6.54. The number of thiophene rings is 1. The average Bonchev–Trinajstić information content (AvgIpc) is 2.75. The Morgan fingerprint density at radius 2 is 2.19 bits per heavy atom. The lowest BCUT2D eigenvalue weighted by Gasteiger charge is -2.04. The second-order valence-electron chi connectivity index (χ2n) is 4.68. The number of hydrogen-bond acceptors (Lipinski definition) is 4. The van der Waals surface area contributed by atoms with E-state index in [4.69, 9.17) is 0 Å². The van der Waals surface area contributed by atoms with Gasteiger partial charge in [-0.25, -0.2) is 4.99 Å². The summed E-state index contributed by atoms with van der Waals surface area (Å²) in [4.78, 5) is 5.46. The molecule has 106 valence electrons. The highest BCUT2D eigenvalue weighted by Crippen LogP contribution is 2.34. The van der Waals surface area contributed by atoms with Crippen LogP contribution < -0.4 is 0 Å². The first-order chi connectivity index (χ1) is 10.1. The molecule has 1 N–H and O–H groups in total. The van der Waals surface area contributed by atoms with Crippen molar-refractivity contribution in [2.24, 2.45) is 4.99 Å². The molecule has 0 bridgehead atoms. The second-order valence-corrected chi connectivity index (χ2v) is 5.88. The molecule has 21 heavy (non-hydrogen) atoms. The summed E-state index contributed by atoms with van der Waals surface area (Å²) in [6.45, 7) is 7.57. The van der Waals surface area contributed by atoms with Crippen LogP contribution in [0.4, 0.5) is 5.00 Å².